The quantitative estimate of drug-likeness (QED) is 0.290. The van der Waals surface area contributed by atoms with Crippen molar-refractivity contribution >= 4 is 11.9 Å². The van der Waals surface area contributed by atoms with Crippen LogP contribution in [0, 0.1) is 0 Å². The molecule has 1 unspecified atom stereocenters. The molecule has 0 bridgehead atoms. The Balaban J connectivity index is 1.74. The summed E-state index contributed by atoms with van der Waals surface area (Å²) in [5.41, 5.74) is 4.65. The van der Waals surface area contributed by atoms with Crippen LogP contribution in [0.15, 0.2) is 97.2 Å². The van der Waals surface area contributed by atoms with Crippen molar-refractivity contribution in [2.24, 2.45) is 0 Å². The number of allylic oxidation sites excluding steroid dienone is 1. The molecule has 0 spiro atoms. The predicted octanol–water partition coefficient (Wildman–Crippen LogP) is 4.95. The highest BCUT2D eigenvalue weighted by molar-refractivity contribution is 5.96. The number of nitrogens with one attached hydrogen (secondary N) is 2. The van der Waals surface area contributed by atoms with Crippen molar-refractivity contribution in [3.05, 3.63) is 119 Å². The summed E-state index contributed by atoms with van der Waals surface area (Å²) in [6.45, 7) is 6.22. The van der Waals surface area contributed by atoms with Gasteiger partial charge in [-0.3, -0.25) is 4.79 Å². The fourth-order valence-electron chi connectivity index (χ4n) is 3.80. The molecule has 170 valence electrons. The average molecular weight is 443 g/mol. The molecule has 33 heavy (non-hydrogen) atoms. The number of aliphatic carboxylic acids is 1. The molecule has 0 saturated carbocycles. The fraction of sp³-hybridized carbons (Fsp3) is 0.214. The Morgan fingerprint density at radius 1 is 0.848 bits per heavy atom. The summed E-state index contributed by atoms with van der Waals surface area (Å²) in [4.78, 5) is 24.3. The molecular weight excluding hydrogens is 412 g/mol. The Hall–Kier alpha value is -3.86. The minimum Gasteiger partial charge on any atom is -0.480 e. The van der Waals surface area contributed by atoms with Gasteiger partial charge in [0.1, 0.15) is 6.04 Å². The van der Waals surface area contributed by atoms with Gasteiger partial charge < -0.3 is 15.7 Å². The summed E-state index contributed by atoms with van der Waals surface area (Å²) in [5.74, 6) is -1.39. The SMILES string of the molecule is C=C(C)NCCCC(NC(=O)c1ccc(C(c2ccccc2)c2ccccc2)cc1)C(=O)O. The summed E-state index contributed by atoms with van der Waals surface area (Å²) in [6.07, 6.45) is 0.947. The summed E-state index contributed by atoms with van der Waals surface area (Å²) in [5, 5.41) is 15.2. The summed E-state index contributed by atoms with van der Waals surface area (Å²) in [7, 11) is 0. The van der Waals surface area contributed by atoms with Gasteiger partial charge in [-0.15, -0.1) is 0 Å². The summed E-state index contributed by atoms with van der Waals surface area (Å²) < 4.78 is 0. The maximum absolute atomic E-state index is 12.7. The Labute approximate surface area is 195 Å². The molecule has 0 aliphatic rings. The van der Waals surface area contributed by atoms with Crippen molar-refractivity contribution in [2.75, 3.05) is 6.54 Å². The highest BCUT2D eigenvalue weighted by Gasteiger charge is 2.21. The normalized spacial score (nSPS) is 11.6. The van der Waals surface area contributed by atoms with E-state index in [-0.39, 0.29) is 5.92 Å². The van der Waals surface area contributed by atoms with Crippen LogP contribution in [0.5, 0.6) is 0 Å². The standard InChI is InChI=1S/C28H30N2O3/c1-20(2)29-19-9-14-25(28(32)33)30-27(31)24-17-15-23(16-18-24)26(21-10-5-3-6-11-21)22-12-7-4-8-13-22/h3-8,10-13,15-18,25-26,29H,1,9,14,19H2,2H3,(H,30,31)(H,32,33). The Kier molecular flexibility index (Phi) is 8.42. The van der Waals surface area contributed by atoms with E-state index in [0.717, 1.165) is 22.4 Å². The second-order valence-electron chi connectivity index (χ2n) is 8.09. The second kappa shape index (κ2) is 11.7. The van der Waals surface area contributed by atoms with Gasteiger partial charge in [-0.2, -0.15) is 0 Å². The molecule has 0 saturated heterocycles. The van der Waals surface area contributed by atoms with Crippen LogP contribution in [0.2, 0.25) is 0 Å². The number of benzene rings is 3. The van der Waals surface area contributed by atoms with E-state index >= 15 is 0 Å². The zero-order valence-electron chi connectivity index (χ0n) is 18.8. The number of carbonyl (C=O) groups excluding carboxylic acids is 1. The number of carboxylic acid groups (broad SMARTS) is 1. The maximum Gasteiger partial charge on any atom is 0.326 e. The molecule has 5 heteroatoms. The van der Waals surface area contributed by atoms with Crippen LogP contribution >= 0.6 is 0 Å². The molecule has 3 aromatic carbocycles. The average Bonchev–Trinajstić information content (AvgIpc) is 2.82. The van der Waals surface area contributed by atoms with Gasteiger partial charge in [-0.05, 0) is 48.6 Å². The lowest BCUT2D eigenvalue weighted by Crippen LogP contribution is -2.41. The zero-order chi connectivity index (χ0) is 23.6. The first-order valence-electron chi connectivity index (χ1n) is 11.1. The van der Waals surface area contributed by atoms with Crippen LogP contribution in [-0.2, 0) is 4.79 Å². The molecule has 1 atom stereocenters. The van der Waals surface area contributed by atoms with E-state index in [1.54, 1.807) is 12.1 Å². The van der Waals surface area contributed by atoms with Crippen molar-refractivity contribution in [1.29, 1.82) is 0 Å². The smallest absolute Gasteiger partial charge is 0.326 e. The van der Waals surface area contributed by atoms with Gasteiger partial charge in [-0.25, -0.2) is 4.79 Å². The van der Waals surface area contributed by atoms with Crippen molar-refractivity contribution in [3.63, 3.8) is 0 Å². The highest BCUT2D eigenvalue weighted by Crippen LogP contribution is 2.31. The number of carboxylic acids is 1. The lowest BCUT2D eigenvalue weighted by molar-refractivity contribution is -0.139. The van der Waals surface area contributed by atoms with Crippen LogP contribution in [0.25, 0.3) is 0 Å². The van der Waals surface area contributed by atoms with E-state index in [4.69, 9.17) is 0 Å². The predicted molar refractivity (Wildman–Crippen MR) is 131 cm³/mol. The van der Waals surface area contributed by atoms with Crippen LogP contribution in [-0.4, -0.2) is 29.6 Å². The summed E-state index contributed by atoms with van der Waals surface area (Å²) >= 11 is 0. The lowest BCUT2D eigenvalue weighted by Gasteiger charge is -2.19. The molecule has 3 N–H and O–H groups in total. The first-order valence-corrected chi connectivity index (χ1v) is 11.1. The molecule has 5 nitrogen and oxygen atoms in total. The van der Waals surface area contributed by atoms with Gasteiger partial charge >= 0.3 is 5.97 Å². The number of hydrogen-bond donors (Lipinski definition) is 3. The van der Waals surface area contributed by atoms with Gasteiger partial charge in [-0.1, -0.05) is 79.4 Å². The maximum atomic E-state index is 12.7. The molecule has 1 amide bonds. The second-order valence-corrected chi connectivity index (χ2v) is 8.09. The fourth-order valence-corrected chi connectivity index (χ4v) is 3.80. The molecular formula is C28H30N2O3. The minimum atomic E-state index is -1.04. The van der Waals surface area contributed by atoms with E-state index in [0.29, 0.717) is 24.9 Å². The third-order valence-corrected chi connectivity index (χ3v) is 5.47. The van der Waals surface area contributed by atoms with Gasteiger partial charge in [0, 0.05) is 23.7 Å². The largest absolute Gasteiger partial charge is 0.480 e. The van der Waals surface area contributed by atoms with Crippen molar-refractivity contribution in [3.8, 4) is 0 Å². The molecule has 0 aromatic heterocycles. The number of amides is 1. The van der Waals surface area contributed by atoms with Crippen LogP contribution in [0.1, 0.15) is 52.7 Å². The van der Waals surface area contributed by atoms with Gasteiger partial charge in [0.25, 0.3) is 5.91 Å². The number of carbonyl (C=O) groups is 2. The molecule has 0 radical (unpaired) electrons. The van der Waals surface area contributed by atoms with Crippen LogP contribution in [0.3, 0.4) is 0 Å². The highest BCUT2D eigenvalue weighted by atomic mass is 16.4. The minimum absolute atomic E-state index is 0.0390. The number of rotatable bonds is 11. The zero-order valence-corrected chi connectivity index (χ0v) is 18.8. The topological polar surface area (TPSA) is 78.4 Å². The van der Waals surface area contributed by atoms with Crippen molar-refractivity contribution in [1.82, 2.24) is 10.6 Å². The van der Waals surface area contributed by atoms with Crippen molar-refractivity contribution in [2.45, 2.75) is 31.7 Å². The molecule has 0 fully saturated rings. The summed E-state index contributed by atoms with van der Waals surface area (Å²) in [6, 6.07) is 26.9. The third-order valence-electron chi connectivity index (χ3n) is 5.47. The van der Waals surface area contributed by atoms with Gasteiger partial charge in [0.05, 0.1) is 0 Å². The first kappa shape index (κ1) is 23.8. The molecule has 0 heterocycles. The van der Waals surface area contributed by atoms with E-state index < -0.39 is 17.9 Å². The molecule has 0 aliphatic heterocycles. The van der Waals surface area contributed by atoms with Crippen LogP contribution < -0.4 is 10.6 Å². The Bertz CT molecular complexity index is 1020. The lowest BCUT2D eigenvalue weighted by atomic mass is 9.85. The van der Waals surface area contributed by atoms with Gasteiger partial charge in [0.2, 0.25) is 0 Å². The molecule has 3 aromatic rings. The van der Waals surface area contributed by atoms with Gasteiger partial charge in [0.15, 0.2) is 0 Å². The van der Waals surface area contributed by atoms with E-state index in [1.165, 1.54) is 0 Å². The van der Waals surface area contributed by atoms with Crippen molar-refractivity contribution < 1.29 is 14.7 Å². The monoisotopic (exact) mass is 442 g/mol. The van der Waals surface area contributed by atoms with E-state index in [2.05, 4.69) is 41.5 Å². The van der Waals surface area contributed by atoms with Crippen LogP contribution in [0.4, 0.5) is 0 Å². The molecule has 3 rings (SSSR count). The van der Waals surface area contributed by atoms with E-state index in [9.17, 15) is 14.7 Å². The first-order chi connectivity index (χ1) is 16.0. The third kappa shape index (κ3) is 6.81. The number of hydrogen-bond acceptors (Lipinski definition) is 3. The van der Waals surface area contributed by atoms with E-state index in [1.807, 2.05) is 55.5 Å². The Morgan fingerprint density at radius 2 is 1.36 bits per heavy atom. The Morgan fingerprint density at radius 3 is 1.85 bits per heavy atom. The molecule has 0 aliphatic carbocycles.